The molecule has 0 saturated heterocycles. The number of nitrogens with one attached hydrogen (secondary N) is 1. The number of fused-ring (bicyclic) bond motifs is 1. The van der Waals surface area contributed by atoms with Crippen LogP contribution in [-0.4, -0.2) is 12.5 Å². The minimum absolute atomic E-state index is 0. The van der Waals surface area contributed by atoms with Crippen LogP contribution < -0.4 is 11.1 Å². The van der Waals surface area contributed by atoms with Gasteiger partial charge in [0, 0.05) is 18.4 Å². The summed E-state index contributed by atoms with van der Waals surface area (Å²) in [4.78, 5) is 12.5. The molecule has 1 atom stereocenters. The van der Waals surface area contributed by atoms with Crippen molar-refractivity contribution >= 4 is 18.3 Å². The zero-order chi connectivity index (χ0) is 18.4. The molecule has 3 aliphatic rings. The van der Waals surface area contributed by atoms with Crippen LogP contribution in [-0.2, 0) is 6.54 Å². The fourth-order valence-electron chi connectivity index (χ4n) is 4.89. The molecule has 1 aromatic heterocycles. The number of carbonyl (C=O) groups excluding carboxylic acids is 1. The number of benzene rings is 2. The molecular formula is C23H23ClN2O2. The van der Waals surface area contributed by atoms with E-state index in [9.17, 15) is 4.79 Å². The van der Waals surface area contributed by atoms with Gasteiger partial charge in [0.05, 0.1) is 12.1 Å². The summed E-state index contributed by atoms with van der Waals surface area (Å²) in [6.45, 7) is 0.957. The average molecular weight is 395 g/mol. The Kier molecular flexibility index (Phi) is 5.00. The first kappa shape index (κ1) is 18.8. The first-order valence-corrected chi connectivity index (χ1v) is 9.49. The zero-order valence-corrected chi connectivity index (χ0v) is 16.2. The van der Waals surface area contributed by atoms with Crippen molar-refractivity contribution in [2.75, 3.05) is 6.54 Å². The van der Waals surface area contributed by atoms with Gasteiger partial charge in [0.2, 0.25) is 0 Å². The van der Waals surface area contributed by atoms with Gasteiger partial charge in [0.1, 0.15) is 12.0 Å². The fraction of sp³-hybridized carbons (Fsp3) is 0.261. The topological polar surface area (TPSA) is 68.3 Å². The summed E-state index contributed by atoms with van der Waals surface area (Å²) >= 11 is 0. The van der Waals surface area contributed by atoms with Crippen molar-refractivity contribution in [1.29, 1.82) is 0 Å². The number of hydrogen-bond donors (Lipinski definition) is 2. The van der Waals surface area contributed by atoms with Crippen LogP contribution >= 0.6 is 12.4 Å². The van der Waals surface area contributed by atoms with Crippen LogP contribution in [0.1, 0.15) is 56.6 Å². The lowest BCUT2D eigenvalue weighted by Crippen LogP contribution is -2.39. The van der Waals surface area contributed by atoms with Crippen molar-refractivity contribution in [3.63, 3.8) is 0 Å². The number of carbonyl (C=O) groups is 1. The van der Waals surface area contributed by atoms with E-state index in [4.69, 9.17) is 10.2 Å². The molecule has 0 fully saturated rings. The summed E-state index contributed by atoms with van der Waals surface area (Å²) < 4.78 is 5.28. The van der Waals surface area contributed by atoms with Crippen LogP contribution in [0, 0.1) is 5.92 Å². The van der Waals surface area contributed by atoms with E-state index in [0.29, 0.717) is 42.2 Å². The van der Waals surface area contributed by atoms with Crippen molar-refractivity contribution in [2.24, 2.45) is 11.7 Å². The Morgan fingerprint density at radius 3 is 2.21 bits per heavy atom. The van der Waals surface area contributed by atoms with E-state index in [1.54, 1.807) is 6.07 Å². The van der Waals surface area contributed by atoms with E-state index in [1.807, 2.05) is 0 Å². The Balaban J connectivity index is 0.00000192. The summed E-state index contributed by atoms with van der Waals surface area (Å²) in [6.07, 6.45) is 2.55. The Hall–Kier alpha value is -2.56. The maximum absolute atomic E-state index is 12.5. The molecule has 3 aromatic rings. The Labute approximate surface area is 170 Å². The lowest BCUT2D eigenvalue weighted by atomic mass is 9.59. The first-order chi connectivity index (χ1) is 13.3. The summed E-state index contributed by atoms with van der Waals surface area (Å²) in [5, 5.41) is 3.11. The van der Waals surface area contributed by atoms with Crippen LogP contribution in [0.4, 0.5) is 0 Å². The van der Waals surface area contributed by atoms with Gasteiger partial charge in [-0.2, -0.15) is 0 Å². The van der Waals surface area contributed by atoms with E-state index in [2.05, 4.69) is 53.8 Å². The molecule has 1 amide bonds. The minimum atomic E-state index is -0.0959. The molecule has 0 spiro atoms. The summed E-state index contributed by atoms with van der Waals surface area (Å²) in [5.74, 6) is 1.68. The van der Waals surface area contributed by atoms with Crippen molar-refractivity contribution < 1.29 is 9.21 Å². The predicted octanol–water partition coefficient (Wildman–Crippen LogP) is 4.19. The third-order valence-electron chi connectivity index (χ3n) is 6.06. The van der Waals surface area contributed by atoms with Crippen LogP contribution in [0.15, 0.2) is 65.3 Å². The van der Waals surface area contributed by atoms with Crippen LogP contribution in [0.25, 0.3) is 0 Å². The smallest absolute Gasteiger partial charge is 0.254 e. The van der Waals surface area contributed by atoms with Crippen molar-refractivity contribution in [3.8, 4) is 0 Å². The Bertz CT molecular complexity index is 966. The normalized spacial score (nSPS) is 21.4. The Morgan fingerprint density at radius 1 is 1.04 bits per heavy atom. The number of rotatable bonds is 4. The second-order valence-electron chi connectivity index (χ2n) is 7.50. The third kappa shape index (κ3) is 2.93. The van der Waals surface area contributed by atoms with Crippen molar-refractivity contribution in [3.05, 3.63) is 94.4 Å². The van der Waals surface area contributed by atoms with E-state index in [0.717, 1.165) is 6.42 Å². The predicted molar refractivity (Wildman–Crippen MR) is 111 cm³/mol. The van der Waals surface area contributed by atoms with Gasteiger partial charge < -0.3 is 15.5 Å². The number of amides is 1. The SMILES string of the molecule is Cl.NCc1cc(C(=O)NCC2CC3c4ccccc4C2c2ccccc23)co1. The molecule has 2 aromatic carbocycles. The number of nitrogens with two attached hydrogens (primary N) is 1. The second kappa shape index (κ2) is 7.46. The van der Waals surface area contributed by atoms with E-state index >= 15 is 0 Å². The molecular weight excluding hydrogens is 372 g/mol. The van der Waals surface area contributed by atoms with Gasteiger partial charge in [-0.1, -0.05) is 48.5 Å². The lowest BCUT2D eigenvalue weighted by molar-refractivity contribution is 0.0942. The average Bonchev–Trinajstić information content (AvgIpc) is 3.22. The van der Waals surface area contributed by atoms with Crippen LogP contribution in [0.2, 0.25) is 0 Å². The molecule has 0 aliphatic heterocycles. The molecule has 6 rings (SSSR count). The number of halogens is 1. The molecule has 0 radical (unpaired) electrons. The first-order valence-electron chi connectivity index (χ1n) is 9.49. The van der Waals surface area contributed by atoms with Crippen LogP contribution in [0.5, 0.6) is 0 Å². The number of furan rings is 1. The highest BCUT2D eigenvalue weighted by atomic mass is 35.5. The van der Waals surface area contributed by atoms with Gasteiger partial charge in [-0.05, 0) is 40.7 Å². The standard InChI is InChI=1S/C23H22N2O2.ClH/c24-11-16-9-15(13-27-16)23(26)25-12-14-10-21-17-5-1-3-7-19(17)22(14)20-8-4-2-6-18(20)21;/h1-9,13-14,21-22H,10-12,24H2,(H,25,26);1H. The third-order valence-corrected chi connectivity index (χ3v) is 6.06. The fourth-order valence-corrected chi connectivity index (χ4v) is 4.89. The molecule has 4 nitrogen and oxygen atoms in total. The van der Waals surface area contributed by atoms with Crippen molar-refractivity contribution in [1.82, 2.24) is 5.32 Å². The van der Waals surface area contributed by atoms with E-state index < -0.39 is 0 Å². The highest BCUT2D eigenvalue weighted by molar-refractivity contribution is 5.94. The summed E-state index contributed by atoms with van der Waals surface area (Å²) in [7, 11) is 0. The molecule has 28 heavy (non-hydrogen) atoms. The maximum Gasteiger partial charge on any atom is 0.254 e. The summed E-state index contributed by atoms with van der Waals surface area (Å²) in [5.41, 5.74) is 11.8. The van der Waals surface area contributed by atoms with Gasteiger partial charge in [0.25, 0.3) is 5.91 Å². The molecule has 0 saturated carbocycles. The van der Waals surface area contributed by atoms with Crippen LogP contribution in [0.3, 0.4) is 0 Å². The molecule has 3 N–H and O–H groups in total. The Morgan fingerprint density at radius 2 is 1.64 bits per heavy atom. The molecule has 3 aliphatic carbocycles. The molecule has 1 heterocycles. The minimum Gasteiger partial charge on any atom is -0.467 e. The van der Waals surface area contributed by atoms with E-state index in [-0.39, 0.29) is 18.3 Å². The monoisotopic (exact) mass is 394 g/mol. The highest BCUT2D eigenvalue weighted by Crippen LogP contribution is 2.55. The van der Waals surface area contributed by atoms with Crippen molar-refractivity contribution in [2.45, 2.75) is 24.8 Å². The maximum atomic E-state index is 12.5. The quantitative estimate of drug-likeness (QED) is 0.697. The molecule has 2 bridgehead atoms. The largest absolute Gasteiger partial charge is 0.467 e. The molecule has 144 valence electrons. The van der Waals surface area contributed by atoms with Gasteiger partial charge in [-0.15, -0.1) is 12.4 Å². The van der Waals surface area contributed by atoms with Gasteiger partial charge >= 0.3 is 0 Å². The zero-order valence-electron chi connectivity index (χ0n) is 15.4. The molecule has 1 unspecified atom stereocenters. The summed E-state index contributed by atoms with van der Waals surface area (Å²) in [6, 6.07) is 19.2. The second-order valence-corrected chi connectivity index (χ2v) is 7.50. The number of hydrogen-bond acceptors (Lipinski definition) is 3. The van der Waals surface area contributed by atoms with E-state index in [1.165, 1.54) is 28.5 Å². The van der Waals surface area contributed by atoms with Gasteiger partial charge in [0.15, 0.2) is 0 Å². The lowest BCUT2D eigenvalue weighted by Gasteiger charge is -2.45. The highest BCUT2D eigenvalue weighted by Gasteiger charge is 2.42. The molecule has 5 heteroatoms. The van der Waals surface area contributed by atoms with Gasteiger partial charge in [-0.25, -0.2) is 0 Å². The van der Waals surface area contributed by atoms with Gasteiger partial charge in [-0.3, -0.25) is 4.79 Å².